The molecule has 0 bridgehead atoms. The van der Waals surface area contributed by atoms with Crippen molar-refractivity contribution in [3.63, 3.8) is 0 Å². The molecule has 1 unspecified atom stereocenters. The topological polar surface area (TPSA) is 115 Å². The smallest absolute Gasteiger partial charge is 0.305 e. The number of piperazine rings is 1. The number of aromatic nitrogens is 2. The predicted molar refractivity (Wildman–Crippen MR) is 72.5 cm³/mol. The molecule has 1 saturated heterocycles. The summed E-state index contributed by atoms with van der Waals surface area (Å²) in [6, 6.07) is -0.948. The monoisotopic (exact) mass is 294 g/mol. The van der Waals surface area contributed by atoms with Gasteiger partial charge in [0, 0.05) is 24.3 Å². The zero-order valence-corrected chi connectivity index (χ0v) is 12.0. The van der Waals surface area contributed by atoms with Crippen molar-refractivity contribution in [2.24, 2.45) is 0 Å². The second kappa shape index (κ2) is 5.94. The van der Waals surface area contributed by atoms with Crippen LogP contribution in [0, 0.1) is 13.8 Å². The Labute approximate surface area is 121 Å². The number of nitrogens with one attached hydrogen (secondary N) is 2. The molecule has 8 heteroatoms. The van der Waals surface area contributed by atoms with Gasteiger partial charge in [-0.3, -0.25) is 19.5 Å². The first-order chi connectivity index (χ1) is 9.90. The van der Waals surface area contributed by atoms with Crippen molar-refractivity contribution in [3.05, 3.63) is 17.0 Å². The van der Waals surface area contributed by atoms with Crippen molar-refractivity contribution in [1.82, 2.24) is 20.4 Å². The van der Waals surface area contributed by atoms with Crippen LogP contribution in [-0.2, 0) is 20.8 Å². The van der Waals surface area contributed by atoms with Crippen LogP contribution in [0.25, 0.3) is 0 Å². The predicted octanol–water partition coefficient (Wildman–Crippen LogP) is -0.629. The van der Waals surface area contributed by atoms with Crippen LogP contribution >= 0.6 is 0 Å². The first-order valence-electron chi connectivity index (χ1n) is 6.69. The second-order valence-electron chi connectivity index (χ2n) is 5.08. The highest BCUT2D eigenvalue weighted by atomic mass is 16.4. The van der Waals surface area contributed by atoms with Crippen molar-refractivity contribution in [1.29, 1.82) is 0 Å². The summed E-state index contributed by atoms with van der Waals surface area (Å²) in [5.41, 5.74) is 2.33. The number of H-pyrrole nitrogens is 1. The maximum Gasteiger partial charge on any atom is 0.305 e. The fraction of sp³-hybridized carbons (Fsp3) is 0.538. The van der Waals surface area contributed by atoms with Crippen LogP contribution in [0.15, 0.2) is 0 Å². The molecule has 114 valence electrons. The molecule has 1 aromatic heterocycles. The van der Waals surface area contributed by atoms with Gasteiger partial charge >= 0.3 is 5.97 Å². The highest BCUT2D eigenvalue weighted by Gasteiger charge is 2.34. The van der Waals surface area contributed by atoms with Crippen LogP contribution in [0.3, 0.4) is 0 Å². The molecule has 0 aliphatic carbocycles. The fourth-order valence-electron chi connectivity index (χ4n) is 2.47. The van der Waals surface area contributed by atoms with Crippen LogP contribution in [-0.4, -0.2) is 57.1 Å². The number of aryl methyl sites for hydroxylation is 2. The number of carboxylic acid groups (broad SMARTS) is 1. The van der Waals surface area contributed by atoms with Gasteiger partial charge in [-0.25, -0.2) is 0 Å². The number of carbonyl (C=O) groups is 3. The lowest BCUT2D eigenvalue weighted by Gasteiger charge is -2.34. The van der Waals surface area contributed by atoms with Gasteiger partial charge in [0.2, 0.25) is 11.8 Å². The van der Waals surface area contributed by atoms with E-state index < -0.39 is 17.9 Å². The fourth-order valence-corrected chi connectivity index (χ4v) is 2.47. The van der Waals surface area contributed by atoms with Gasteiger partial charge in [-0.1, -0.05) is 0 Å². The van der Waals surface area contributed by atoms with Crippen LogP contribution in [0.4, 0.5) is 0 Å². The number of aromatic amines is 1. The molecule has 2 rings (SSSR count). The van der Waals surface area contributed by atoms with E-state index >= 15 is 0 Å². The number of carbonyl (C=O) groups excluding carboxylic acids is 2. The quantitative estimate of drug-likeness (QED) is 0.684. The van der Waals surface area contributed by atoms with Crippen molar-refractivity contribution >= 4 is 17.8 Å². The maximum absolute atomic E-state index is 12.4. The SMILES string of the molecule is Cc1n[nH]c(C)c1CC(=O)N1CCNC(=O)C1CC(=O)O. The summed E-state index contributed by atoms with van der Waals surface area (Å²) >= 11 is 0. The van der Waals surface area contributed by atoms with E-state index in [-0.39, 0.29) is 18.7 Å². The summed E-state index contributed by atoms with van der Waals surface area (Å²) in [7, 11) is 0. The Morgan fingerprint density at radius 2 is 2.14 bits per heavy atom. The van der Waals surface area contributed by atoms with Crippen LogP contribution in [0.1, 0.15) is 23.4 Å². The van der Waals surface area contributed by atoms with Crippen molar-refractivity contribution < 1.29 is 19.5 Å². The van der Waals surface area contributed by atoms with Crippen molar-refractivity contribution in [2.45, 2.75) is 32.7 Å². The van der Waals surface area contributed by atoms with Crippen molar-refractivity contribution in [3.8, 4) is 0 Å². The van der Waals surface area contributed by atoms with Gasteiger partial charge in [-0.2, -0.15) is 5.10 Å². The lowest BCUT2D eigenvalue weighted by atomic mass is 10.1. The molecular weight excluding hydrogens is 276 g/mol. The Morgan fingerprint density at radius 1 is 1.43 bits per heavy atom. The Hall–Kier alpha value is -2.38. The van der Waals surface area contributed by atoms with Gasteiger partial charge in [0.05, 0.1) is 18.5 Å². The van der Waals surface area contributed by atoms with E-state index in [4.69, 9.17) is 5.11 Å². The molecular formula is C13H18N4O4. The molecule has 0 saturated carbocycles. The molecule has 1 aliphatic heterocycles. The highest BCUT2D eigenvalue weighted by molar-refractivity contribution is 5.92. The normalized spacial score (nSPS) is 18.5. The van der Waals surface area contributed by atoms with Crippen LogP contribution in [0.5, 0.6) is 0 Å². The summed E-state index contributed by atoms with van der Waals surface area (Å²) in [4.78, 5) is 36.4. The number of amides is 2. The number of aliphatic carboxylic acids is 1. The summed E-state index contributed by atoms with van der Waals surface area (Å²) < 4.78 is 0. The standard InChI is InChI=1S/C13H18N4O4/c1-7-9(8(2)16-15-7)5-11(18)17-4-3-14-13(21)10(17)6-12(19)20/h10H,3-6H2,1-2H3,(H,14,21)(H,15,16)(H,19,20). The van der Waals surface area contributed by atoms with Gasteiger partial charge in [0.1, 0.15) is 6.04 Å². The van der Waals surface area contributed by atoms with Gasteiger partial charge in [-0.05, 0) is 13.8 Å². The summed E-state index contributed by atoms with van der Waals surface area (Å²) in [5.74, 6) is -1.79. The van der Waals surface area contributed by atoms with Gasteiger partial charge in [-0.15, -0.1) is 0 Å². The number of hydrogen-bond acceptors (Lipinski definition) is 4. The van der Waals surface area contributed by atoms with E-state index in [0.717, 1.165) is 17.0 Å². The number of carboxylic acids is 1. The lowest BCUT2D eigenvalue weighted by molar-refractivity contribution is -0.148. The Bertz CT molecular complexity index is 561. The second-order valence-corrected chi connectivity index (χ2v) is 5.08. The molecule has 8 nitrogen and oxygen atoms in total. The molecule has 1 aliphatic rings. The third-order valence-corrected chi connectivity index (χ3v) is 3.63. The van der Waals surface area contributed by atoms with Gasteiger partial charge in [0.25, 0.3) is 0 Å². The van der Waals surface area contributed by atoms with E-state index in [9.17, 15) is 14.4 Å². The zero-order valence-electron chi connectivity index (χ0n) is 12.0. The van der Waals surface area contributed by atoms with E-state index in [1.165, 1.54) is 4.90 Å². The molecule has 0 radical (unpaired) electrons. The molecule has 2 amide bonds. The molecule has 1 aromatic rings. The minimum atomic E-state index is -1.11. The van der Waals surface area contributed by atoms with E-state index in [1.807, 2.05) is 6.92 Å². The molecule has 21 heavy (non-hydrogen) atoms. The lowest BCUT2D eigenvalue weighted by Crippen LogP contribution is -2.58. The largest absolute Gasteiger partial charge is 0.481 e. The third kappa shape index (κ3) is 3.21. The third-order valence-electron chi connectivity index (χ3n) is 3.63. The maximum atomic E-state index is 12.4. The zero-order chi connectivity index (χ0) is 15.6. The van der Waals surface area contributed by atoms with E-state index in [1.54, 1.807) is 6.92 Å². The number of rotatable bonds is 4. The molecule has 1 atom stereocenters. The molecule has 3 N–H and O–H groups in total. The van der Waals surface area contributed by atoms with Gasteiger partial charge < -0.3 is 15.3 Å². The first-order valence-corrected chi connectivity index (χ1v) is 6.69. The Morgan fingerprint density at radius 3 is 2.71 bits per heavy atom. The van der Waals surface area contributed by atoms with Crippen LogP contribution in [0.2, 0.25) is 0 Å². The Kier molecular flexibility index (Phi) is 4.25. The first kappa shape index (κ1) is 15.0. The average molecular weight is 294 g/mol. The minimum absolute atomic E-state index is 0.109. The number of nitrogens with zero attached hydrogens (tertiary/aromatic N) is 2. The molecule has 0 aromatic carbocycles. The summed E-state index contributed by atoms with van der Waals surface area (Å²) in [5, 5.41) is 18.3. The van der Waals surface area contributed by atoms with Crippen LogP contribution < -0.4 is 5.32 Å². The molecule has 2 heterocycles. The number of hydrogen-bond donors (Lipinski definition) is 3. The summed E-state index contributed by atoms with van der Waals surface area (Å²) in [6.45, 7) is 4.27. The van der Waals surface area contributed by atoms with E-state index in [2.05, 4.69) is 15.5 Å². The minimum Gasteiger partial charge on any atom is -0.481 e. The molecule has 1 fully saturated rings. The Balaban J connectivity index is 2.15. The van der Waals surface area contributed by atoms with E-state index in [0.29, 0.717) is 13.1 Å². The van der Waals surface area contributed by atoms with Crippen molar-refractivity contribution in [2.75, 3.05) is 13.1 Å². The highest BCUT2D eigenvalue weighted by Crippen LogP contribution is 2.15. The van der Waals surface area contributed by atoms with Gasteiger partial charge in [0.15, 0.2) is 0 Å². The summed E-state index contributed by atoms with van der Waals surface area (Å²) in [6.07, 6.45) is -0.279. The molecule has 0 spiro atoms. The average Bonchev–Trinajstić information content (AvgIpc) is 2.72.